The summed E-state index contributed by atoms with van der Waals surface area (Å²) in [6, 6.07) is 35.1. The summed E-state index contributed by atoms with van der Waals surface area (Å²) in [5.41, 5.74) is 5.49. The molecule has 20 saturated carbocycles. The Balaban J connectivity index is 0.0000000983. The molecular weight excluding hydrogens is 1680 g/mol. The molecule has 31 rings (SSSR count). The van der Waals surface area contributed by atoms with Crippen LogP contribution in [0.5, 0.6) is 23.0 Å². The Morgan fingerprint density at radius 3 is 0.776 bits per heavy atom. The van der Waals surface area contributed by atoms with Gasteiger partial charge in [-0.3, -0.25) is 9.80 Å². The number of benzene rings is 4. The van der Waals surface area contributed by atoms with Crippen molar-refractivity contribution in [3.05, 3.63) is 119 Å². The molecule has 27 aliphatic rings. The van der Waals surface area contributed by atoms with Crippen molar-refractivity contribution in [2.75, 3.05) is 98.5 Å². The average Bonchev–Trinajstić information content (AvgIpc) is 1.54. The quantitative estimate of drug-likeness (QED) is 0.0538. The highest BCUT2D eigenvalue weighted by atomic mass is 17.3. The summed E-state index contributed by atoms with van der Waals surface area (Å²) in [4.78, 5) is 57.3. The molecule has 7 saturated heterocycles. The number of nitrogens with zero attached hydrogens (tertiary/aromatic N) is 3. The summed E-state index contributed by atoms with van der Waals surface area (Å²) in [5.74, 6) is 13.1. The minimum atomic E-state index is -0.563. The van der Waals surface area contributed by atoms with E-state index in [0.717, 1.165) is 245 Å². The largest absolute Gasteiger partial charge is 0.494 e. The van der Waals surface area contributed by atoms with Crippen LogP contribution in [0.3, 0.4) is 0 Å². The predicted octanol–water partition coefficient (Wildman–Crippen LogP) is 24.1. The van der Waals surface area contributed by atoms with Crippen LogP contribution in [0.25, 0.3) is 0 Å². The van der Waals surface area contributed by atoms with E-state index in [1.54, 1.807) is 0 Å². The first-order valence-corrected chi connectivity index (χ1v) is 55.7. The van der Waals surface area contributed by atoms with Crippen LogP contribution in [0.15, 0.2) is 97.1 Å². The summed E-state index contributed by atoms with van der Waals surface area (Å²) in [6.45, 7) is 17.4. The molecule has 4 aromatic rings. The Labute approximate surface area is 799 Å². The highest BCUT2D eigenvalue weighted by Gasteiger charge is 2.72. The molecule has 0 radical (unpaired) electrons. The number of unbranched alkanes of at least 4 members (excludes halogenated alkanes) is 1. The monoisotopic (exact) mass is 1840 g/mol. The van der Waals surface area contributed by atoms with E-state index in [1.807, 2.05) is 0 Å². The van der Waals surface area contributed by atoms with Crippen molar-refractivity contribution in [1.29, 1.82) is 0 Å². The predicted molar refractivity (Wildman–Crippen MR) is 508 cm³/mol. The molecule has 7 heterocycles. The van der Waals surface area contributed by atoms with E-state index >= 15 is 0 Å². The molecule has 7 aliphatic heterocycles. The van der Waals surface area contributed by atoms with Crippen molar-refractivity contribution in [3.63, 3.8) is 0 Å². The molecule has 27 fully saturated rings. The number of likely N-dealkylation sites (tertiary alicyclic amines) is 2. The molecule has 0 aromatic heterocycles. The Morgan fingerprint density at radius 2 is 0.507 bits per heavy atom. The second-order valence-corrected chi connectivity index (χ2v) is 48.0. The van der Waals surface area contributed by atoms with E-state index in [2.05, 4.69) is 119 Å². The third-order valence-corrected chi connectivity index (χ3v) is 39.1. The number of rotatable bonds is 22. The van der Waals surface area contributed by atoms with Gasteiger partial charge in [0.05, 0.1) is 33.0 Å². The van der Waals surface area contributed by atoms with Gasteiger partial charge in [-0.1, -0.05) is 74.7 Å². The summed E-state index contributed by atoms with van der Waals surface area (Å²) in [6.07, 6.45) is 55.3. The molecule has 8 spiro atoms. The molecule has 20 heteroatoms. The first-order valence-electron chi connectivity index (χ1n) is 55.7. The standard InChI is InChI=1S/C30H43NO4.C29H41NO5.C29H41NO4.C26H36O4/c1-2-12-31(13-3-1)14-5-15-32-28-9-7-24(8-10-28)25-6-4-11-29(21-25)33-30(35-34-29)26-17-22-16-23(19-26)20-27(30)18-22;1-3-24(23-4-6-27(7-5-23)32-12-2-9-30-10-13-31-14-11-30)20-28(8-1)33-29(35-34-28)25-16-21-15-22(18-25)19-26(29)17-21;1-2-11-30(12-3-1)13-14-31-27-8-6-23(7-9-27)24-5-4-10-28(20-24)32-29(34-33-28)25-16-21-15-22(18-25)19-26(29)17-21;1-2-3-11-27-24-8-6-20(7-9-24)21-5-4-10-25(17-21)28-26(30-29-25)22-13-18-12-19(15-22)16-23(26)14-18/h7-10,22-23,25-27H,1-6,11-21H2;4-7,21-22,24-26H,1-3,8-20H2;6-9,21-22,24-26H,1-5,10-20H2;6-9,18-19,21-23H,2-5,10-17H2,1H3/t22?,23?,25-,26?,27?,29-,30?;2*21?,22?,24-,25?,26?,28-,29?;18?,19?,21-,22?,23?,25-,26?/m1111/s1. The molecule has 0 amide bonds. The van der Waals surface area contributed by atoms with Crippen LogP contribution in [-0.4, -0.2) is 160 Å². The second-order valence-electron chi connectivity index (χ2n) is 48.0. The lowest BCUT2D eigenvalue weighted by Gasteiger charge is -2.57. The van der Waals surface area contributed by atoms with Crippen molar-refractivity contribution in [3.8, 4) is 23.0 Å². The zero-order valence-electron chi connectivity index (χ0n) is 81.2. The third-order valence-electron chi connectivity index (χ3n) is 39.1. The minimum absolute atomic E-state index is 0.440. The van der Waals surface area contributed by atoms with Crippen molar-refractivity contribution in [1.82, 2.24) is 14.7 Å². The van der Waals surface area contributed by atoms with Crippen LogP contribution < -0.4 is 18.9 Å². The van der Waals surface area contributed by atoms with Gasteiger partial charge in [-0.15, -0.1) is 0 Å². The maximum atomic E-state index is 6.97. The van der Waals surface area contributed by atoms with Crippen LogP contribution in [0.4, 0.5) is 0 Å². The van der Waals surface area contributed by atoms with Gasteiger partial charge in [0.2, 0.25) is 46.3 Å². The van der Waals surface area contributed by atoms with Gasteiger partial charge in [-0.25, -0.2) is 0 Å². The van der Waals surface area contributed by atoms with Gasteiger partial charge >= 0.3 is 0 Å². The molecular formula is C114H161N3O17. The Morgan fingerprint density at radius 1 is 0.261 bits per heavy atom. The topological polar surface area (TPSA) is 167 Å². The van der Waals surface area contributed by atoms with Gasteiger partial charge in [0.25, 0.3) is 0 Å². The molecule has 4 aromatic carbocycles. The average molecular weight is 1850 g/mol. The Bertz CT molecular complexity index is 4260. The lowest BCUT2D eigenvalue weighted by atomic mass is 9.53. The SMILES string of the molecule is CCCCOc1ccc([C@@H]2CCC[C@]3(C2)OOC2(O3)C3CC4CC(C3)CC2C4)cc1.c1cc([C@@H]2CCC[C@]3(C2)OOC2(O3)C3CC4CC(C3)CC2C4)ccc1OCCCN1CCCCC1.c1cc([C@@H]2CCC[C@]3(C2)OOC2(O3)C3CC4CC(C3)CC2C4)ccc1OCCCN1CCOCC1.c1cc([C@@H]2CCC[C@]3(C2)OOC2(O3)C3CC4CC(C3)CC2C4)ccc1OCCN1CCCCC1. The highest BCUT2D eigenvalue weighted by Crippen LogP contribution is 2.70. The van der Waals surface area contributed by atoms with E-state index in [-0.39, 0.29) is 0 Å². The molecule has 20 nitrogen and oxygen atoms in total. The van der Waals surface area contributed by atoms with Crippen LogP contribution in [-0.2, 0) is 62.8 Å². The van der Waals surface area contributed by atoms with Gasteiger partial charge in [-0.05, 0) is 393 Å². The van der Waals surface area contributed by atoms with Crippen molar-refractivity contribution in [2.45, 2.75) is 372 Å². The zero-order valence-corrected chi connectivity index (χ0v) is 81.2. The molecule has 8 atom stereocenters. The van der Waals surface area contributed by atoms with E-state index in [1.165, 1.54) is 241 Å². The first-order chi connectivity index (χ1) is 65.8. The fourth-order valence-electron chi connectivity index (χ4n) is 33.2. The maximum Gasteiger partial charge on any atom is 0.210 e. The lowest BCUT2D eigenvalue weighted by Crippen LogP contribution is -2.59. The smallest absolute Gasteiger partial charge is 0.210 e. The maximum absolute atomic E-state index is 6.97. The zero-order chi connectivity index (χ0) is 89.4. The van der Waals surface area contributed by atoms with Gasteiger partial charge < -0.3 is 47.5 Å². The Hall–Kier alpha value is -4.56. The van der Waals surface area contributed by atoms with Gasteiger partial charge in [0, 0.05) is 131 Å². The van der Waals surface area contributed by atoms with E-state index in [0.29, 0.717) is 71.0 Å². The van der Waals surface area contributed by atoms with Crippen LogP contribution in [0, 0.1) is 94.7 Å². The van der Waals surface area contributed by atoms with E-state index < -0.39 is 46.3 Å². The van der Waals surface area contributed by atoms with E-state index in [4.69, 9.17) is 81.7 Å². The van der Waals surface area contributed by atoms with Crippen LogP contribution >= 0.6 is 0 Å². The van der Waals surface area contributed by atoms with E-state index in [9.17, 15) is 0 Å². The normalized spacial score (nSPS) is 43.4. The minimum Gasteiger partial charge on any atom is -0.494 e. The summed E-state index contributed by atoms with van der Waals surface area (Å²) in [7, 11) is 0. The van der Waals surface area contributed by atoms with Gasteiger partial charge in [-0.2, -0.15) is 39.1 Å². The number of piperidine rings is 2. The molecule has 134 heavy (non-hydrogen) atoms. The molecule has 20 aliphatic carbocycles. The van der Waals surface area contributed by atoms with Gasteiger partial charge in [0.1, 0.15) is 29.6 Å². The summed E-state index contributed by atoms with van der Waals surface area (Å²) < 4.78 is 57.3. The molecule has 16 bridgehead atoms. The van der Waals surface area contributed by atoms with Gasteiger partial charge in [0.15, 0.2) is 0 Å². The number of hydrogen-bond donors (Lipinski definition) is 0. The van der Waals surface area contributed by atoms with Crippen molar-refractivity contribution in [2.24, 2.45) is 94.7 Å². The fraction of sp³-hybridized carbons (Fsp3) is 0.789. The second kappa shape index (κ2) is 39.3. The fourth-order valence-corrected chi connectivity index (χ4v) is 33.2. The highest BCUT2D eigenvalue weighted by molar-refractivity contribution is 5.34. The Kier molecular flexibility index (Phi) is 26.9. The number of hydrogen-bond acceptors (Lipinski definition) is 20. The third kappa shape index (κ3) is 18.9. The van der Waals surface area contributed by atoms with Crippen molar-refractivity contribution >= 4 is 0 Å². The number of morpholine rings is 1. The molecule has 0 unspecified atom stereocenters. The van der Waals surface area contributed by atoms with Crippen LogP contribution in [0.1, 0.15) is 348 Å². The summed E-state index contributed by atoms with van der Waals surface area (Å²) >= 11 is 0. The lowest BCUT2D eigenvalue weighted by molar-refractivity contribution is -0.390. The first kappa shape index (κ1) is 91.9. The van der Waals surface area contributed by atoms with Crippen molar-refractivity contribution < 1.29 is 81.7 Å². The number of ether oxygens (including phenoxy) is 9. The van der Waals surface area contributed by atoms with Crippen LogP contribution in [0.2, 0.25) is 0 Å². The molecule has 734 valence electrons. The summed E-state index contributed by atoms with van der Waals surface area (Å²) in [5, 5.41) is 0. The molecule has 0 N–H and O–H groups in total.